The monoisotopic (exact) mass is 1150 g/mol. The number of primary amides is 2. The van der Waals surface area contributed by atoms with Crippen molar-refractivity contribution < 1.29 is 90.1 Å². The Morgan fingerprint density at radius 2 is 0.971 bits per heavy atom. The Labute approximate surface area is 430 Å². The van der Waals surface area contributed by atoms with E-state index in [1.165, 1.54) is 0 Å². The van der Waals surface area contributed by atoms with Crippen LogP contribution in [0.1, 0.15) is 106 Å². The number of ether oxygens (including phenoxy) is 3. The standard InChI is InChI=1S/C29H39N3O6.C20H32N4O4.V.W/c1-29(2,3)38-28(36)31-17-11-10-16-24(26(30)34)32-27(35)23(18-21-12-6-4-7-13-21)19-25(33)37-20-22-14-8-5-9-15-22;1-20(2,3)28-19(27)23-12-8-7-11-16(17(22)25)24-18(26)15(21)13-14-9-5-4-6-10-14;;/h4-9,12-15,23-24H,10-11,16-20H2,1-3H3,(H2,30,34)(H,31,36)(H,32,35);4-6,9-10,15-16H,7-8,11-13,21H2,1-3H3,(H2,22,25)(H,23,27)(H,24,26);;/t23-,24?;15-,16-;;/m10../s1/i24D;16D;;. The van der Waals surface area contributed by atoms with Gasteiger partial charge in [-0.05, 0) is 110 Å². The van der Waals surface area contributed by atoms with E-state index in [1.807, 2.05) is 91.0 Å². The fourth-order valence-electron chi connectivity index (χ4n) is 5.96. The van der Waals surface area contributed by atoms with Crippen LogP contribution in [0.3, 0.4) is 0 Å². The summed E-state index contributed by atoms with van der Waals surface area (Å²) in [5.74, 6) is -4.68. The summed E-state index contributed by atoms with van der Waals surface area (Å²) in [7, 11) is 0. The zero-order valence-corrected chi connectivity index (χ0v) is 44.3. The number of carbonyl (C=O) groups excluding carboxylic acids is 7. The van der Waals surface area contributed by atoms with E-state index in [2.05, 4.69) is 21.3 Å². The van der Waals surface area contributed by atoms with Crippen LogP contribution in [-0.2, 0) is 97.3 Å². The summed E-state index contributed by atoms with van der Waals surface area (Å²) in [5.41, 5.74) is 18.0. The van der Waals surface area contributed by atoms with E-state index in [1.54, 1.807) is 41.5 Å². The maximum absolute atomic E-state index is 13.3. The first-order chi connectivity index (χ1) is 31.8. The van der Waals surface area contributed by atoms with Crippen molar-refractivity contribution in [1.29, 1.82) is 0 Å². The van der Waals surface area contributed by atoms with E-state index < -0.39 is 77.0 Å². The molecule has 0 saturated carbocycles. The topological polar surface area (TPSA) is 273 Å². The molecule has 3 aromatic carbocycles. The molecular weight excluding hydrogens is 1080 g/mol. The molecule has 1 unspecified atom stereocenters. The smallest absolute Gasteiger partial charge is 0.407 e. The minimum absolute atomic E-state index is 0. The van der Waals surface area contributed by atoms with Gasteiger partial charge in [-0.3, -0.25) is 24.0 Å². The molecule has 0 aliphatic heterocycles. The van der Waals surface area contributed by atoms with Crippen LogP contribution in [0.25, 0.3) is 0 Å². The van der Waals surface area contributed by atoms with Crippen molar-refractivity contribution in [3.8, 4) is 0 Å². The first-order valence-electron chi connectivity index (χ1n) is 23.0. The fourth-order valence-corrected chi connectivity index (χ4v) is 5.96. The number of esters is 1. The van der Waals surface area contributed by atoms with Crippen LogP contribution in [0, 0.1) is 5.92 Å². The van der Waals surface area contributed by atoms with Crippen LogP contribution in [0.4, 0.5) is 9.59 Å². The first kappa shape index (κ1) is 58.9. The molecular formula is C49H71N7O10VW. The maximum atomic E-state index is 13.3. The third kappa shape index (κ3) is 29.5. The molecule has 6 amide bonds. The first-order valence-corrected chi connectivity index (χ1v) is 22.0. The SMILES string of the molecule is [2H]C(CCCCNC(=O)OC(C)(C)C)(NC(=O)[C@@H](CC(=O)OCc1ccccc1)Cc1ccccc1)C(N)=O.[2H][C@@](CCCCNC(=O)OC(C)(C)C)(NC(=O)[C@@H](N)Cc1ccccc1)C(N)=O.[V].[W]. The van der Waals surface area contributed by atoms with Crippen molar-refractivity contribution in [3.05, 3.63) is 108 Å². The van der Waals surface area contributed by atoms with E-state index in [0.29, 0.717) is 32.2 Å². The summed E-state index contributed by atoms with van der Waals surface area (Å²) < 4.78 is 32.5. The van der Waals surface area contributed by atoms with Gasteiger partial charge in [-0.1, -0.05) is 91.0 Å². The molecule has 0 aliphatic carbocycles. The van der Waals surface area contributed by atoms with Crippen LogP contribution < -0.4 is 38.5 Å². The van der Waals surface area contributed by atoms with Gasteiger partial charge in [0, 0.05) is 52.7 Å². The normalized spacial score (nSPS) is 13.9. The van der Waals surface area contributed by atoms with Crippen LogP contribution in [-0.4, -0.2) is 84.2 Å². The second-order valence-electron chi connectivity index (χ2n) is 17.5. The molecule has 0 bridgehead atoms. The Hall–Kier alpha value is -5.22. The van der Waals surface area contributed by atoms with E-state index >= 15 is 0 Å². The van der Waals surface area contributed by atoms with E-state index in [0.717, 1.165) is 16.7 Å². The summed E-state index contributed by atoms with van der Waals surface area (Å²) in [6, 6.07) is 22.6. The largest absolute Gasteiger partial charge is 0.461 e. The van der Waals surface area contributed by atoms with Crippen molar-refractivity contribution in [2.75, 3.05) is 13.1 Å². The number of rotatable bonds is 24. The number of amides is 6. The number of carbonyl (C=O) groups is 7. The minimum atomic E-state index is -2.08. The average Bonchev–Trinajstić information content (AvgIpc) is 3.25. The molecule has 4 atom stereocenters. The summed E-state index contributed by atoms with van der Waals surface area (Å²) in [6.07, 6.45) is 0.715. The summed E-state index contributed by atoms with van der Waals surface area (Å²) >= 11 is 0. The average molecular weight is 1150 g/mol. The number of alkyl carbamates (subject to hydrolysis) is 2. The molecule has 0 aromatic heterocycles. The van der Waals surface area contributed by atoms with Gasteiger partial charge < -0.3 is 52.7 Å². The molecule has 0 fully saturated rings. The number of hydrogen-bond acceptors (Lipinski definition) is 11. The molecule has 3 rings (SSSR count). The van der Waals surface area contributed by atoms with Gasteiger partial charge in [0.15, 0.2) is 0 Å². The number of hydrogen-bond donors (Lipinski definition) is 7. The Bertz CT molecular complexity index is 2090. The number of unbranched alkanes of at least 4 members (excludes halogenated alkanes) is 2. The molecule has 3 aromatic rings. The zero-order chi connectivity index (χ0) is 51.0. The van der Waals surface area contributed by atoms with Crippen molar-refractivity contribution in [2.45, 2.75) is 135 Å². The Kier molecular flexibility index (Phi) is 28.9. The molecule has 17 nitrogen and oxygen atoms in total. The summed E-state index contributed by atoms with van der Waals surface area (Å²) in [5, 5.41) is 10.0. The van der Waals surface area contributed by atoms with Gasteiger partial charge in [-0.2, -0.15) is 0 Å². The zero-order valence-electron chi connectivity index (χ0n) is 42.0. The second-order valence-corrected chi connectivity index (χ2v) is 17.5. The van der Waals surface area contributed by atoms with Gasteiger partial charge >= 0.3 is 18.2 Å². The van der Waals surface area contributed by atoms with E-state index in [4.69, 9.17) is 34.2 Å². The summed E-state index contributed by atoms with van der Waals surface area (Å²) in [4.78, 5) is 85.5. The van der Waals surface area contributed by atoms with Crippen LogP contribution >= 0.6 is 0 Å². The maximum Gasteiger partial charge on any atom is 0.407 e. The van der Waals surface area contributed by atoms with Crippen LogP contribution in [0.15, 0.2) is 91.0 Å². The number of benzene rings is 3. The Balaban J connectivity index is 0.00000138. The molecule has 373 valence electrons. The van der Waals surface area contributed by atoms with Gasteiger partial charge in [-0.25, -0.2) is 9.59 Å². The van der Waals surface area contributed by atoms with Gasteiger partial charge in [0.2, 0.25) is 23.6 Å². The number of nitrogens with two attached hydrogens (primary N) is 3. The third-order valence-electron chi connectivity index (χ3n) is 9.17. The predicted octanol–water partition coefficient (Wildman–Crippen LogP) is 4.86. The van der Waals surface area contributed by atoms with E-state index in [-0.39, 0.29) is 84.9 Å². The molecule has 0 heterocycles. The molecule has 0 aliphatic rings. The quantitative estimate of drug-likeness (QED) is 0.0362. The Morgan fingerprint density at radius 3 is 1.37 bits per heavy atom. The molecule has 10 N–H and O–H groups in total. The van der Waals surface area contributed by atoms with Gasteiger partial charge in [0.1, 0.15) is 29.8 Å². The molecule has 0 spiro atoms. The van der Waals surface area contributed by atoms with Gasteiger partial charge in [0.25, 0.3) is 0 Å². The second kappa shape index (κ2) is 33.3. The molecule has 68 heavy (non-hydrogen) atoms. The fraction of sp³-hybridized carbons (Fsp3) is 0.490. The van der Waals surface area contributed by atoms with Crippen molar-refractivity contribution >= 4 is 41.8 Å². The van der Waals surface area contributed by atoms with Gasteiger partial charge in [0.05, 0.1) is 21.1 Å². The van der Waals surface area contributed by atoms with Crippen molar-refractivity contribution in [3.63, 3.8) is 0 Å². The Morgan fingerprint density at radius 1 is 0.588 bits per heavy atom. The third-order valence-corrected chi connectivity index (χ3v) is 9.17. The molecule has 1 radical (unpaired) electrons. The van der Waals surface area contributed by atoms with Crippen molar-refractivity contribution in [1.82, 2.24) is 21.3 Å². The molecule has 0 saturated heterocycles. The minimum Gasteiger partial charge on any atom is -0.461 e. The summed E-state index contributed by atoms with van der Waals surface area (Å²) in [6.45, 7) is 11.2. The molecule has 19 heteroatoms. The van der Waals surface area contributed by atoms with E-state index in [9.17, 15) is 33.6 Å². The van der Waals surface area contributed by atoms with Crippen LogP contribution in [0.5, 0.6) is 0 Å². The van der Waals surface area contributed by atoms with Crippen LogP contribution in [0.2, 0.25) is 0 Å². The van der Waals surface area contributed by atoms with Gasteiger partial charge in [-0.15, -0.1) is 0 Å². The number of nitrogens with one attached hydrogen (secondary N) is 4. The van der Waals surface area contributed by atoms with Crippen molar-refractivity contribution in [2.24, 2.45) is 23.1 Å². The predicted molar refractivity (Wildman–Crippen MR) is 251 cm³/mol.